The van der Waals surface area contributed by atoms with Gasteiger partial charge in [-0.05, 0) is 28.8 Å². The maximum Gasteiger partial charge on any atom is 0.314 e. The van der Waals surface area contributed by atoms with Crippen molar-refractivity contribution in [3.05, 3.63) is 38.5 Å². The maximum absolute atomic E-state index is 11.6. The molecule has 21 heavy (non-hydrogen) atoms. The standard InChI is InChI=1S/C14H19N3O2S2/c1-2-13-17-11(9-21-13)3-5-15-14(19)16-7-12(18)10-4-6-20-8-10/h4,6,8-9,12,18H,2-3,5,7H2,1H3,(H2,15,16,19). The first-order valence-electron chi connectivity index (χ1n) is 6.84. The monoisotopic (exact) mass is 325 g/mol. The van der Waals surface area contributed by atoms with Gasteiger partial charge in [0.15, 0.2) is 0 Å². The van der Waals surface area contributed by atoms with Gasteiger partial charge >= 0.3 is 6.03 Å². The fraction of sp³-hybridized carbons (Fsp3) is 0.429. The number of hydrogen-bond acceptors (Lipinski definition) is 5. The lowest BCUT2D eigenvalue weighted by molar-refractivity contribution is 0.173. The zero-order valence-corrected chi connectivity index (χ0v) is 13.5. The van der Waals surface area contributed by atoms with Crippen LogP contribution in [-0.2, 0) is 12.8 Å². The molecule has 0 aliphatic heterocycles. The lowest BCUT2D eigenvalue weighted by Crippen LogP contribution is -2.38. The molecule has 1 unspecified atom stereocenters. The van der Waals surface area contributed by atoms with Crippen molar-refractivity contribution < 1.29 is 9.90 Å². The zero-order valence-electron chi connectivity index (χ0n) is 11.8. The Balaban J connectivity index is 1.63. The van der Waals surface area contributed by atoms with Crippen molar-refractivity contribution in [1.29, 1.82) is 0 Å². The first kappa shape index (κ1) is 15.9. The van der Waals surface area contributed by atoms with Crippen molar-refractivity contribution in [2.24, 2.45) is 0 Å². The second-order valence-corrected chi connectivity index (χ2v) is 6.27. The first-order valence-corrected chi connectivity index (χ1v) is 8.66. The van der Waals surface area contributed by atoms with Gasteiger partial charge in [0.1, 0.15) is 0 Å². The summed E-state index contributed by atoms with van der Waals surface area (Å²) in [5.41, 5.74) is 1.84. The normalized spacial score (nSPS) is 12.1. The summed E-state index contributed by atoms with van der Waals surface area (Å²) in [6, 6.07) is 1.58. The Hall–Kier alpha value is -1.44. The number of nitrogens with zero attached hydrogens (tertiary/aromatic N) is 1. The van der Waals surface area contributed by atoms with Crippen molar-refractivity contribution in [3.8, 4) is 0 Å². The summed E-state index contributed by atoms with van der Waals surface area (Å²) in [5, 5.41) is 22.2. The van der Waals surface area contributed by atoms with Gasteiger partial charge in [-0.25, -0.2) is 9.78 Å². The number of carbonyl (C=O) groups is 1. The van der Waals surface area contributed by atoms with Crippen LogP contribution in [0.25, 0.3) is 0 Å². The van der Waals surface area contributed by atoms with E-state index in [1.54, 1.807) is 11.3 Å². The number of amides is 2. The third-order valence-corrected chi connectivity index (χ3v) is 4.70. The smallest absolute Gasteiger partial charge is 0.314 e. The molecule has 0 bridgehead atoms. The van der Waals surface area contributed by atoms with Crippen LogP contribution < -0.4 is 10.6 Å². The van der Waals surface area contributed by atoms with Crippen molar-refractivity contribution in [3.63, 3.8) is 0 Å². The van der Waals surface area contributed by atoms with E-state index in [1.807, 2.05) is 22.2 Å². The highest BCUT2D eigenvalue weighted by Gasteiger charge is 2.09. The van der Waals surface area contributed by atoms with Crippen molar-refractivity contribution in [2.75, 3.05) is 13.1 Å². The first-order chi connectivity index (χ1) is 10.2. The predicted molar refractivity (Wildman–Crippen MR) is 85.9 cm³/mol. The Morgan fingerprint density at radius 3 is 2.95 bits per heavy atom. The number of carbonyl (C=O) groups excluding carboxylic acids is 1. The van der Waals surface area contributed by atoms with E-state index in [4.69, 9.17) is 0 Å². The molecule has 0 aromatic carbocycles. The van der Waals surface area contributed by atoms with Crippen LogP contribution in [0.1, 0.15) is 29.3 Å². The molecule has 2 aromatic rings. The van der Waals surface area contributed by atoms with Crippen molar-refractivity contribution in [1.82, 2.24) is 15.6 Å². The van der Waals surface area contributed by atoms with E-state index in [0.717, 1.165) is 29.1 Å². The number of nitrogens with one attached hydrogen (secondary N) is 2. The Kier molecular flexibility index (Phi) is 6.16. The highest BCUT2D eigenvalue weighted by molar-refractivity contribution is 7.09. The summed E-state index contributed by atoms with van der Waals surface area (Å²) in [7, 11) is 0. The van der Waals surface area contributed by atoms with Crippen molar-refractivity contribution in [2.45, 2.75) is 25.9 Å². The number of hydrogen-bond donors (Lipinski definition) is 3. The quantitative estimate of drug-likeness (QED) is 0.731. The number of aromatic nitrogens is 1. The molecule has 0 radical (unpaired) electrons. The molecule has 114 valence electrons. The zero-order chi connectivity index (χ0) is 15.1. The van der Waals surface area contributed by atoms with Gasteiger partial charge in [0, 0.05) is 24.9 Å². The Bertz CT molecular complexity index is 554. The molecule has 0 spiro atoms. The minimum Gasteiger partial charge on any atom is -0.387 e. The SMILES string of the molecule is CCc1nc(CCNC(=O)NCC(O)c2ccsc2)cs1. The van der Waals surface area contributed by atoms with Crippen LogP contribution in [0, 0.1) is 0 Å². The molecule has 2 amide bonds. The highest BCUT2D eigenvalue weighted by Crippen LogP contribution is 2.14. The number of thiophene rings is 1. The third-order valence-electron chi connectivity index (χ3n) is 2.95. The summed E-state index contributed by atoms with van der Waals surface area (Å²) in [5.74, 6) is 0. The Morgan fingerprint density at radius 2 is 2.29 bits per heavy atom. The fourth-order valence-corrected chi connectivity index (χ4v) is 3.25. The van der Waals surface area contributed by atoms with E-state index < -0.39 is 6.10 Å². The van der Waals surface area contributed by atoms with Crippen LogP contribution in [-0.4, -0.2) is 29.2 Å². The van der Waals surface area contributed by atoms with Crippen LogP contribution in [0.5, 0.6) is 0 Å². The lowest BCUT2D eigenvalue weighted by atomic mass is 10.2. The molecular formula is C14H19N3O2S2. The van der Waals surface area contributed by atoms with E-state index >= 15 is 0 Å². The third kappa shape index (κ3) is 5.11. The van der Waals surface area contributed by atoms with E-state index in [0.29, 0.717) is 6.54 Å². The molecule has 1 atom stereocenters. The molecule has 5 nitrogen and oxygen atoms in total. The van der Waals surface area contributed by atoms with E-state index in [9.17, 15) is 9.90 Å². The number of aliphatic hydroxyl groups is 1. The van der Waals surface area contributed by atoms with E-state index in [-0.39, 0.29) is 12.6 Å². The Morgan fingerprint density at radius 1 is 1.43 bits per heavy atom. The van der Waals surface area contributed by atoms with Gasteiger partial charge in [-0.2, -0.15) is 11.3 Å². The number of urea groups is 1. The maximum atomic E-state index is 11.6. The summed E-state index contributed by atoms with van der Waals surface area (Å²) >= 11 is 3.17. The lowest BCUT2D eigenvalue weighted by Gasteiger charge is -2.11. The van der Waals surface area contributed by atoms with Gasteiger partial charge in [0.2, 0.25) is 0 Å². The summed E-state index contributed by atoms with van der Waals surface area (Å²) < 4.78 is 0. The minimum absolute atomic E-state index is 0.208. The number of rotatable bonds is 7. The summed E-state index contributed by atoms with van der Waals surface area (Å²) in [4.78, 5) is 16.1. The van der Waals surface area contributed by atoms with Gasteiger partial charge in [0.05, 0.1) is 16.8 Å². The molecule has 2 aromatic heterocycles. The summed E-state index contributed by atoms with van der Waals surface area (Å²) in [6.07, 6.45) is 1.00. The van der Waals surface area contributed by atoms with Crippen LogP contribution in [0.3, 0.4) is 0 Å². The number of aliphatic hydroxyl groups excluding tert-OH is 1. The van der Waals surface area contributed by atoms with Crippen LogP contribution in [0.4, 0.5) is 4.79 Å². The van der Waals surface area contributed by atoms with Gasteiger partial charge < -0.3 is 15.7 Å². The molecule has 3 N–H and O–H groups in total. The van der Waals surface area contributed by atoms with Crippen LogP contribution >= 0.6 is 22.7 Å². The average Bonchev–Trinajstić information content (AvgIpc) is 3.16. The van der Waals surface area contributed by atoms with Crippen molar-refractivity contribution >= 4 is 28.7 Å². The number of thiazole rings is 1. The molecule has 7 heteroatoms. The van der Waals surface area contributed by atoms with Gasteiger partial charge in [-0.1, -0.05) is 6.92 Å². The molecule has 0 aliphatic carbocycles. The predicted octanol–water partition coefficient (Wildman–Crippen LogP) is 2.34. The fourth-order valence-electron chi connectivity index (χ4n) is 1.76. The topological polar surface area (TPSA) is 74.2 Å². The summed E-state index contributed by atoms with van der Waals surface area (Å²) in [6.45, 7) is 2.82. The highest BCUT2D eigenvalue weighted by atomic mass is 32.1. The van der Waals surface area contributed by atoms with Crippen LogP contribution in [0.15, 0.2) is 22.2 Å². The Labute approximate surface area is 132 Å². The van der Waals surface area contributed by atoms with Crippen LogP contribution in [0.2, 0.25) is 0 Å². The molecule has 0 aliphatic rings. The second kappa shape index (κ2) is 8.11. The van der Waals surface area contributed by atoms with Gasteiger partial charge in [-0.3, -0.25) is 0 Å². The molecular weight excluding hydrogens is 306 g/mol. The molecule has 2 rings (SSSR count). The molecule has 0 fully saturated rings. The average molecular weight is 325 g/mol. The molecule has 0 saturated carbocycles. The van der Waals surface area contributed by atoms with Gasteiger partial charge in [0.25, 0.3) is 0 Å². The molecule has 2 heterocycles. The largest absolute Gasteiger partial charge is 0.387 e. The minimum atomic E-state index is -0.660. The molecule has 0 saturated heterocycles. The second-order valence-electron chi connectivity index (χ2n) is 4.55. The van der Waals surface area contributed by atoms with Gasteiger partial charge in [-0.15, -0.1) is 11.3 Å². The van der Waals surface area contributed by atoms with E-state index in [2.05, 4.69) is 22.5 Å². The van der Waals surface area contributed by atoms with E-state index in [1.165, 1.54) is 11.3 Å². The number of aryl methyl sites for hydroxylation is 1.